The van der Waals surface area contributed by atoms with Crippen molar-refractivity contribution in [2.75, 3.05) is 58.2 Å². The van der Waals surface area contributed by atoms with Crippen LogP contribution in [0.4, 0.5) is 5.69 Å². The fourth-order valence-electron chi connectivity index (χ4n) is 4.84. The number of anilines is 1. The number of benzene rings is 1. The lowest BCUT2D eigenvalue weighted by molar-refractivity contribution is 0.0326. The first kappa shape index (κ1) is 19.0. The van der Waals surface area contributed by atoms with Gasteiger partial charge >= 0.3 is 0 Å². The first-order chi connectivity index (χ1) is 11.7. The van der Waals surface area contributed by atoms with Gasteiger partial charge in [0.2, 0.25) is 0 Å². The Morgan fingerprint density at radius 2 is 1.92 bits per heavy atom. The van der Waals surface area contributed by atoms with Crippen LogP contribution in [0.15, 0.2) is 18.2 Å². The Balaban J connectivity index is 0.00000182. The molecule has 4 rings (SSSR count). The summed E-state index contributed by atoms with van der Waals surface area (Å²) in [6, 6.07) is 7.62. The highest BCUT2D eigenvalue weighted by molar-refractivity contribution is 5.85. The Morgan fingerprint density at radius 3 is 2.68 bits per heavy atom. The van der Waals surface area contributed by atoms with E-state index in [0.29, 0.717) is 0 Å². The normalized spacial score (nSPS) is 28.2. The van der Waals surface area contributed by atoms with Crippen molar-refractivity contribution in [3.05, 3.63) is 29.3 Å². The fraction of sp³-hybridized carbons (Fsp3) is 0.700. The molecule has 5 heteroatoms. The summed E-state index contributed by atoms with van der Waals surface area (Å²) in [6.45, 7) is 12.1. The second-order valence-electron chi connectivity index (χ2n) is 8.04. The molecule has 3 aliphatic rings. The minimum Gasteiger partial charge on any atom is -0.384 e. The smallest absolute Gasteiger partial charge is 0.0419 e. The van der Waals surface area contributed by atoms with E-state index in [-0.39, 0.29) is 12.4 Å². The van der Waals surface area contributed by atoms with Gasteiger partial charge in [-0.05, 0) is 43.5 Å². The summed E-state index contributed by atoms with van der Waals surface area (Å²) in [7, 11) is 2.25. The van der Waals surface area contributed by atoms with Gasteiger partial charge in [-0.3, -0.25) is 9.80 Å². The van der Waals surface area contributed by atoms with Crippen LogP contribution in [0, 0.1) is 5.92 Å². The number of para-hydroxylation sites is 1. The predicted octanol–water partition coefficient (Wildman–Crippen LogP) is 2.53. The fourth-order valence-corrected chi connectivity index (χ4v) is 4.84. The van der Waals surface area contributed by atoms with Gasteiger partial charge in [-0.2, -0.15) is 0 Å². The van der Waals surface area contributed by atoms with E-state index in [1.165, 1.54) is 68.9 Å². The molecule has 0 spiro atoms. The van der Waals surface area contributed by atoms with E-state index in [1.807, 2.05) is 0 Å². The van der Waals surface area contributed by atoms with E-state index in [0.717, 1.165) is 25.0 Å². The van der Waals surface area contributed by atoms with Gasteiger partial charge in [-0.15, -0.1) is 12.4 Å². The number of fused-ring (bicyclic) bond motifs is 1. The number of rotatable bonds is 3. The molecule has 2 fully saturated rings. The third kappa shape index (κ3) is 4.13. The molecule has 0 aliphatic carbocycles. The first-order valence-electron chi connectivity index (χ1n) is 9.70. The van der Waals surface area contributed by atoms with Gasteiger partial charge in [-0.1, -0.05) is 25.1 Å². The number of piperidine rings is 1. The van der Waals surface area contributed by atoms with E-state index in [1.54, 1.807) is 0 Å². The summed E-state index contributed by atoms with van der Waals surface area (Å²) >= 11 is 0. The average Bonchev–Trinajstić information content (AvgIpc) is 3.06. The van der Waals surface area contributed by atoms with E-state index in [9.17, 15) is 0 Å². The highest BCUT2D eigenvalue weighted by Crippen LogP contribution is 2.29. The molecule has 1 aromatic rings. The molecule has 2 atom stereocenters. The molecule has 0 bridgehead atoms. The third-order valence-corrected chi connectivity index (χ3v) is 6.28. The molecular weight excluding hydrogens is 332 g/mol. The van der Waals surface area contributed by atoms with Crippen molar-refractivity contribution in [2.24, 2.45) is 5.92 Å². The Morgan fingerprint density at radius 1 is 1.12 bits per heavy atom. The molecular formula is C20H33ClN4. The lowest BCUT2D eigenvalue weighted by Crippen LogP contribution is -2.55. The number of hydrogen-bond donors (Lipinski definition) is 1. The van der Waals surface area contributed by atoms with Crippen LogP contribution in [0.5, 0.6) is 0 Å². The zero-order chi connectivity index (χ0) is 16.5. The average molecular weight is 365 g/mol. The number of hydrogen-bond acceptors (Lipinski definition) is 4. The number of likely N-dealkylation sites (N-methyl/N-ethyl adjacent to an activating group) is 1. The SMILES string of the molecule is CC1CN(Cc2cccc3c2NCC3)CCC1N1CCN(C)CC1.Cl. The Labute approximate surface area is 159 Å². The second kappa shape index (κ2) is 8.26. The number of nitrogens with zero attached hydrogens (tertiary/aromatic N) is 3. The van der Waals surface area contributed by atoms with Crippen LogP contribution < -0.4 is 5.32 Å². The molecule has 0 saturated carbocycles. The lowest BCUT2D eigenvalue weighted by Gasteiger charge is -2.45. The molecule has 140 valence electrons. The molecule has 1 N–H and O–H groups in total. The van der Waals surface area contributed by atoms with Crippen molar-refractivity contribution in [2.45, 2.75) is 32.4 Å². The molecule has 2 saturated heterocycles. The maximum Gasteiger partial charge on any atom is 0.0419 e. The monoisotopic (exact) mass is 364 g/mol. The summed E-state index contributed by atoms with van der Waals surface area (Å²) < 4.78 is 0. The van der Waals surface area contributed by atoms with Gasteiger partial charge in [0, 0.05) is 57.5 Å². The van der Waals surface area contributed by atoms with Crippen molar-refractivity contribution >= 4 is 18.1 Å². The van der Waals surface area contributed by atoms with E-state index in [4.69, 9.17) is 0 Å². The predicted molar refractivity (Wildman–Crippen MR) is 108 cm³/mol. The van der Waals surface area contributed by atoms with Crippen LogP contribution in [-0.4, -0.2) is 73.6 Å². The number of nitrogens with one attached hydrogen (secondary N) is 1. The van der Waals surface area contributed by atoms with Gasteiger partial charge < -0.3 is 10.2 Å². The molecule has 3 aliphatic heterocycles. The standard InChI is InChI=1S/C20H32N4.ClH/c1-16-14-23(9-7-19(16)24-12-10-22(2)11-13-24)15-18-5-3-4-17-6-8-21-20(17)18;/h3-5,16,19,21H,6-15H2,1-2H3;1H. The lowest BCUT2D eigenvalue weighted by atomic mass is 9.91. The molecule has 0 radical (unpaired) electrons. The topological polar surface area (TPSA) is 21.8 Å². The minimum atomic E-state index is 0. The van der Waals surface area contributed by atoms with Crippen molar-refractivity contribution in [1.82, 2.24) is 14.7 Å². The van der Waals surface area contributed by atoms with Crippen molar-refractivity contribution < 1.29 is 0 Å². The second-order valence-corrected chi connectivity index (χ2v) is 8.04. The van der Waals surface area contributed by atoms with Gasteiger partial charge in [0.1, 0.15) is 0 Å². The first-order valence-corrected chi connectivity index (χ1v) is 9.70. The highest BCUT2D eigenvalue weighted by Gasteiger charge is 2.32. The number of likely N-dealkylation sites (tertiary alicyclic amines) is 1. The Kier molecular flexibility index (Phi) is 6.26. The van der Waals surface area contributed by atoms with Crippen molar-refractivity contribution in [3.63, 3.8) is 0 Å². The molecule has 25 heavy (non-hydrogen) atoms. The van der Waals surface area contributed by atoms with Gasteiger partial charge in [0.15, 0.2) is 0 Å². The van der Waals surface area contributed by atoms with E-state index in [2.05, 4.69) is 52.2 Å². The van der Waals surface area contributed by atoms with Crippen LogP contribution in [0.2, 0.25) is 0 Å². The molecule has 2 unspecified atom stereocenters. The minimum absolute atomic E-state index is 0. The van der Waals surface area contributed by atoms with Crippen molar-refractivity contribution in [1.29, 1.82) is 0 Å². The summed E-state index contributed by atoms with van der Waals surface area (Å²) in [6.07, 6.45) is 2.51. The summed E-state index contributed by atoms with van der Waals surface area (Å²) in [4.78, 5) is 7.88. The van der Waals surface area contributed by atoms with Gasteiger partial charge in [0.25, 0.3) is 0 Å². The van der Waals surface area contributed by atoms with Crippen LogP contribution in [0.1, 0.15) is 24.5 Å². The zero-order valence-corrected chi connectivity index (χ0v) is 16.5. The Hall–Kier alpha value is -0.810. The van der Waals surface area contributed by atoms with Gasteiger partial charge in [-0.25, -0.2) is 0 Å². The zero-order valence-electron chi connectivity index (χ0n) is 15.7. The van der Waals surface area contributed by atoms with Gasteiger partial charge in [0.05, 0.1) is 0 Å². The van der Waals surface area contributed by atoms with Crippen molar-refractivity contribution in [3.8, 4) is 0 Å². The van der Waals surface area contributed by atoms with Crippen LogP contribution in [0.3, 0.4) is 0 Å². The van der Waals surface area contributed by atoms with Crippen LogP contribution in [0.25, 0.3) is 0 Å². The number of piperazine rings is 1. The maximum absolute atomic E-state index is 3.59. The molecule has 4 nitrogen and oxygen atoms in total. The number of halogens is 1. The molecule has 0 aromatic heterocycles. The molecule has 0 amide bonds. The maximum atomic E-state index is 3.59. The highest BCUT2D eigenvalue weighted by atomic mass is 35.5. The quantitative estimate of drug-likeness (QED) is 0.889. The Bertz CT molecular complexity index is 571. The third-order valence-electron chi connectivity index (χ3n) is 6.28. The van der Waals surface area contributed by atoms with Crippen LogP contribution in [-0.2, 0) is 13.0 Å². The molecule has 3 heterocycles. The summed E-state index contributed by atoms with van der Waals surface area (Å²) in [5.74, 6) is 0.770. The van der Waals surface area contributed by atoms with Crippen LogP contribution >= 0.6 is 12.4 Å². The molecule has 1 aromatic carbocycles. The summed E-state index contributed by atoms with van der Waals surface area (Å²) in [5, 5.41) is 3.59. The van der Waals surface area contributed by atoms with E-state index < -0.39 is 0 Å². The summed E-state index contributed by atoms with van der Waals surface area (Å²) in [5.41, 5.74) is 4.43. The van der Waals surface area contributed by atoms with E-state index >= 15 is 0 Å². The largest absolute Gasteiger partial charge is 0.384 e.